The molecule has 0 radical (unpaired) electrons. The number of ether oxygens (including phenoxy) is 2. The highest BCUT2D eigenvalue weighted by atomic mass is 35.5. The minimum absolute atomic E-state index is 0.116. The fourth-order valence-corrected chi connectivity index (χ4v) is 1.92. The summed E-state index contributed by atoms with van der Waals surface area (Å²) in [5.41, 5.74) is 1.54. The molecule has 0 amide bonds. The maximum absolute atomic E-state index is 11.3. The number of halogens is 1. The molecule has 19 heavy (non-hydrogen) atoms. The van der Waals surface area contributed by atoms with Gasteiger partial charge >= 0.3 is 5.97 Å². The quantitative estimate of drug-likeness (QED) is 0.807. The molecule has 0 N–H and O–H groups in total. The zero-order valence-corrected chi connectivity index (χ0v) is 11.5. The molecule has 0 saturated heterocycles. The number of carbonyl (C=O) groups is 1. The number of aromatic nitrogens is 1. The fraction of sp³-hybridized carbons (Fsp3) is 0.286. The molecule has 0 aliphatic carbocycles. The number of esters is 1. The Hall–Kier alpha value is -1.81. The van der Waals surface area contributed by atoms with E-state index in [0.717, 1.165) is 16.6 Å². The van der Waals surface area contributed by atoms with Crippen LogP contribution in [0.2, 0.25) is 5.02 Å². The Morgan fingerprint density at radius 2 is 2.16 bits per heavy atom. The standard InChI is InChI=1S/C14H14ClNO3/c1-3-18-14(17)8-19-13-6-9(2)16-12-7-10(15)4-5-11(12)13/h4-7H,3,8H2,1-2H3. The molecule has 4 nitrogen and oxygen atoms in total. The SMILES string of the molecule is CCOC(=O)COc1cc(C)nc2cc(Cl)ccc12. The first-order valence-electron chi connectivity index (χ1n) is 5.95. The van der Waals surface area contributed by atoms with Crippen molar-refractivity contribution in [3.8, 4) is 5.75 Å². The van der Waals surface area contributed by atoms with Crippen molar-refractivity contribution in [2.24, 2.45) is 0 Å². The average Bonchev–Trinajstić information content (AvgIpc) is 2.35. The number of rotatable bonds is 4. The van der Waals surface area contributed by atoms with Crippen LogP contribution in [0.15, 0.2) is 24.3 Å². The highest BCUT2D eigenvalue weighted by Crippen LogP contribution is 2.27. The molecule has 0 unspecified atom stereocenters. The van der Waals surface area contributed by atoms with E-state index in [4.69, 9.17) is 21.1 Å². The van der Waals surface area contributed by atoms with Gasteiger partial charge in [0, 0.05) is 22.2 Å². The Balaban J connectivity index is 2.29. The first-order chi connectivity index (χ1) is 9.10. The fourth-order valence-electron chi connectivity index (χ4n) is 1.75. The van der Waals surface area contributed by atoms with Gasteiger partial charge in [0.05, 0.1) is 12.1 Å². The van der Waals surface area contributed by atoms with Crippen LogP contribution in [0, 0.1) is 6.92 Å². The zero-order chi connectivity index (χ0) is 13.8. The van der Waals surface area contributed by atoms with Gasteiger partial charge in [-0.1, -0.05) is 11.6 Å². The summed E-state index contributed by atoms with van der Waals surface area (Å²) in [6, 6.07) is 7.14. The van der Waals surface area contributed by atoms with Crippen molar-refractivity contribution in [2.75, 3.05) is 13.2 Å². The first kappa shape index (κ1) is 13.6. The van der Waals surface area contributed by atoms with Crippen LogP contribution < -0.4 is 4.74 Å². The first-order valence-corrected chi connectivity index (χ1v) is 6.33. The van der Waals surface area contributed by atoms with E-state index in [1.165, 1.54) is 0 Å². The van der Waals surface area contributed by atoms with E-state index in [9.17, 15) is 4.79 Å². The van der Waals surface area contributed by atoms with Crippen molar-refractivity contribution in [3.05, 3.63) is 35.0 Å². The van der Waals surface area contributed by atoms with E-state index in [1.54, 1.807) is 25.1 Å². The largest absolute Gasteiger partial charge is 0.481 e. The summed E-state index contributed by atoms with van der Waals surface area (Å²) in [6.45, 7) is 3.84. The van der Waals surface area contributed by atoms with Gasteiger partial charge in [-0.2, -0.15) is 0 Å². The van der Waals surface area contributed by atoms with Crippen molar-refractivity contribution >= 4 is 28.5 Å². The lowest BCUT2D eigenvalue weighted by Crippen LogP contribution is -2.14. The Labute approximate surface area is 116 Å². The van der Waals surface area contributed by atoms with Gasteiger partial charge in [-0.3, -0.25) is 4.98 Å². The number of fused-ring (bicyclic) bond motifs is 1. The number of benzene rings is 1. The van der Waals surface area contributed by atoms with Crippen LogP contribution in [0.5, 0.6) is 5.75 Å². The van der Waals surface area contributed by atoms with E-state index in [1.807, 2.05) is 13.0 Å². The molecule has 0 saturated carbocycles. The van der Waals surface area contributed by atoms with Gasteiger partial charge in [-0.05, 0) is 32.0 Å². The lowest BCUT2D eigenvalue weighted by molar-refractivity contribution is -0.145. The van der Waals surface area contributed by atoms with E-state index < -0.39 is 0 Å². The molecular weight excluding hydrogens is 266 g/mol. The van der Waals surface area contributed by atoms with Crippen molar-refractivity contribution < 1.29 is 14.3 Å². The monoisotopic (exact) mass is 279 g/mol. The minimum Gasteiger partial charge on any atom is -0.481 e. The number of pyridine rings is 1. The summed E-state index contributed by atoms with van der Waals surface area (Å²) in [5.74, 6) is 0.214. The molecule has 1 heterocycles. The second-order valence-corrected chi connectivity index (χ2v) is 4.45. The van der Waals surface area contributed by atoms with Crippen molar-refractivity contribution in [2.45, 2.75) is 13.8 Å². The number of aryl methyl sites for hydroxylation is 1. The van der Waals surface area contributed by atoms with E-state index >= 15 is 0 Å². The van der Waals surface area contributed by atoms with Gasteiger partial charge in [0.1, 0.15) is 5.75 Å². The third-order valence-electron chi connectivity index (χ3n) is 2.51. The summed E-state index contributed by atoms with van der Waals surface area (Å²) in [6.07, 6.45) is 0. The summed E-state index contributed by atoms with van der Waals surface area (Å²) < 4.78 is 10.3. The van der Waals surface area contributed by atoms with Crippen molar-refractivity contribution in [1.82, 2.24) is 4.98 Å². The molecule has 2 rings (SSSR count). The van der Waals surface area contributed by atoms with Gasteiger partial charge in [0.2, 0.25) is 0 Å². The molecule has 2 aromatic rings. The van der Waals surface area contributed by atoms with Gasteiger partial charge in [0.15, 0.2) is 6.61 Å². The average molecular weight is 280 g/mol. The van der Waals surface area contributed by atoms with Crippen molar-refractivity contribution in [1.29, 1.82) is 0 Å². The van der Waals surface area contributed by atoms with Crippen LogP contribution in [0.25, 0.3) is 10.9 Å². The normalized spacial score (nSPS) is 10.5. The molecule has 5 heteroatoms. The third kappa shape index (κ3) is 3.35. The zero-order valence-electron chi connectivity index (χ0n) is 10.8. The maximum Gasteiger partial charge on any atom is 0.344 e. The van der Waals surface area contributed by atoms with E-state index in [2.05, 4.69) is 4.98 Å². The second kappa shape index (κ2) is 5.89. The van der Waals surface area contributed by atoms with Crippen LogP contribution in [-0.4, -0.2) is 24.2 Å². The molecule has 0 aliphatic rings. The smallest absolute Gasteiger partial charge is 0.344 e. The predicted molar refractivity (Wildman–Crippen MR) is 73.6 cm³/mol. The predicted octanol–water partition coefficient (Wildman–Crippen LogP) is 3.14. The molecule has 1 aromatic heterocycles. The molecule has 100 valence electrons. The summed E-state index contributed by atoms with van der Waals surface area (Å²) in [7, 11) is 0. The Bertz CT molecular complexity index is 608. The molecule has 0 aliphatic heterocycles. The topological polar surface area (TPSA) is 48.4 Å². The Morgan fingerprint density at radius 1 is 1.37 bits per heavy atom. The van der Waals surface area contributed by atoms with Crippen LogP contribution in [0.1, 0.15) is 12.6 Å². The van der Waals surface area contributed by atoms with Gasteiger partial charge in [-0.15, -0.1) is 0 Å². The highest BCUT2D eigenvalue weighted by molar-refractivity contribution is 6.31. The molecule has 0 fully saturated rings. The summed E-state index contributed by atoms with van der Waals surface area (Å²) in [5, 5.41) is 1.43. The van der Waals surface area contributed by atoms with Gasteiger partial charge < -0.3 is 9.47 Å². The Kier molecular flexibility index (Phi) is 4.22. The molecule has 1 aromatic carbocycles. The van der Waals surface area contributed by atoms with E-state index in [0.29, 0.717) is 17.4 Å². The van der Waals surface area contributed by atoms with Gasteiger partial charge in [0.25, 0.3) is 0 Å². The summed E-state index contributed by atoms with van der Waals surface area (Å²) >= 11 is 5.94. The lowest BCUT2D eigenvalue weighted by atomic mass is 10.2. The van der Waals surface area contributed by atoms with Crippen molar-refractivity contribution in [3.63, 3.8) is 0 Å². The molecule has 0 spiro atoms. The van der Waals surface area contributed by atoms with E-state index in [-0.39, 0.29) is 12.6 Å². The summed E-state index contributed by atoms with van der Waals surface area (Å²) in [4.78, 5) is 15.7. The molecular formula is C14H14ClNO3. The lowest BCUT2D eigenvalue weighted by Gasteiger charge is -2.10. The third-order valence-corrected chi connectivity index (χ3v) is 2.75. The number of nitrogens with zero attached hydrogens (tertiary/aromatic N) is 1. The Morgan fingerprint density at radius 3 is 2.89 bits per heavy atom. The second-order valence-electron chi connectivity index (χ2n) is 4.02. The maximum atomic E-state index is 11.3. The number of carbonyl (C=O) groups excluding carboxylic acids is 1. The van der Waals surface area contributed by atoms with Gasteiger partial charge in [-0.25, -0.2) is 4.79 Å². The van der Waals surface area contributed by atoms with Crippen LogP contribution in [-0.2, 0) is 9.53 Å². The highest BCUT2D eigenvalue weighted by Gasteiger charge is 2.08. The molecule has 0 atom stereocenters. The van der Waals surface area contributed by atoms with Crippen LogP contribution >= 0.6 is 11.6 Å². The van der Waals surface area contributed by atoms with Crippen LogP contribution in [0.3, 0.4) is 0 Å². The minimum atomic E-state index is -0.390. The molecule has 0 bridgehead atoms. The number of hydrogen-bond donors (Lipinski definition) is 0. The van der Waals surface area contributed by atoms with Crippen LogP contribution in [0.4, 0.5) is 0 Å². The number of hydrogen-bond acceptors (Lipinski definition) is 4.